The van der Waals surface area contributed by atoms with Crippen molar-refractivity contribution in [2.45, 2.75) is 13.3 Å². The first-order chi connectivity index (χ1) is 7.56. The van der Waals surface area contributed by atoms with Gasteiger partial charge in [0.2, 0.25) is 5.75 Å². The van der Waals surface area contributed by atoms with Gasteiger partial charge in [0.15, 0.2) is 0 Å². The Labute approximate surface area is 90.8 Å². The first-order valence-corrected chi connectivity index (χ1v) is 4.52. The molecule has 0 saturated carbocycles. The van der Waals surface area contributed by atoms with Gasteiger partial charge in [-0.2, -0.15) is 0 Å². The van der Waals surface area contributed by atoms with Gasteiger partial charge in [0.25, 0.3) is 0 Å². The smallest absolute Gasteiger partial charge is 0.317 e. The molecule has 1 rings (SSSR count). The predicted molar refractivity (Wildman–Crippen MR) is 52.9 cm³/mol. The molecule has 0 radical (unpaired) electrons. The van der Waals surface area contributed by atoms with Gasteiger partial charge in [-0.05, 0) is 6.92 Å². The van der Waals surface area contributed by atoms with Gasteiger partial charge < -0.3 is 9.84 Å². The Morgan fingerprint density at radius 3 is 2.88 bits per heavy atom. The molecule has 0 aromatic carbocycles. The van der Waals surface area contributed by atoms with Crippen LogP contribution >= 0.6 is 0 Å². The lowest BCUT2D eigenvalue weighted by Crippen LogP contribution is -2.09. The highest BCUT2D eigenvalue weighted by Gasteiger charge is 2.22. The number of hydrogen-bond acceptors (Lipinski definition) is 6. The lowest BCUT2D eigenvalue weighted by Gasteiger charge is -2.03. The first kappa shape index (κ1) is 11.9. The molecular weight excluding hydrogens is 216 g/mol. The molecule has 0 unspecified atom stereocenters. The average molecular weight is 226 g/mol. The number of carbonyl (C=O) groups is 1. The van der Waals surface area contributed by atoms with E-state index < -0.39 is 22.3 Å². The van der Waals surface area contributed by atoms with Crippen molar-refractivity contribution in [3.05, 3.63) is 28.1 Å². The Morgan fingerprint density at radius 1 is 1.62 bits per heavy atom. The third kappa shape index (κ3) is 2.66. The Hall–Kier alpha value is -2.18. The van der Waals surface area contributed by atoms with E-state index in [-0.39, 0.29) is 18.6 Å². The van der Waals surface area contributed by atoms with Crippen LogP contribution in [-0.2, 0) is 16.0 Å². The van der Waals surface area contributed by atoms with Gasteiger partial charge in [-0.25, -0.2) is 0 Å². The third-order valence-corrected chi connectivity index (χ3v) is 1.80. The van der Waals surface area contributed by atoms with Gasteiger partial charge in [0.1, 0.15) is 0 Å². The van der Waals surface area contributed by atoms with Gasteiger partial charge in [-0.15, -0.1) is 0 Å². The largest absolute Gasteiger partial charge is 0.501 e. The van der Waals surface area contributed by atoms with E-state index in [0.29, 0.717) is 0 Å². The molecule has 0 amide bonds. The summed E-state index contributed by atoms with van der Waals surface area (Å²) in [5.41, 5.74) is -0.480. The molecule has 1 aromatic heterocycles. The molecule has 0 aliphatic carbocycles. The van der Waals surface area contributed by atoms with Gasteiger partial charge in [0.05, 0.1) is 29.7 Å². The summed E-state index contributed by atoms with van der Waals surface area (Å²) < 4.78 is 4.65. The Kier molecular flexibility index (Phi) is 3.76. The van der Waals surface area contributed by atoms with Crippen LogP contribution in [0.25, 0.3) is 0 Å². The van der Waals surface area contributed by atoms with Gasteiger partial charge in [0, 0.05) is 6.20 Å². The maximum absolute atomic E-state index is 11.1. The fraction of sp³-hybridized carbons (Fsp3) is 0.333. The zero-order chi connectivity index (χ0) is 12.1. The maximum Gasteiger partial charge on any atom is 0.317 e. The van der Waals surface area contributed by atoms with E-state index in [9.17, 15) is 20.0 Å². The number of nitrogens with zero attached hydrogens (tertiary/aromatic N) is 2. The molecule has 1 aromatic rings. The molecule has 0 atom stereocenters. The second-order valence-electron chi connectivity index (χ2n) is 2.91. The zero-order valence-electron chi connectivity index (χ0n) is 8.54. The fourth-order valence-corrected chi connectivity index (χ4v) is 1.19. The van der Waals surface area contributed by atoms with E-state index in [4.69, 9.17) is 0 Å². The van der Waals surface area contributed by atoms with Crippen molar-refractivity contribution in [3.63, 3.8) is 0 Å². The SMILES string of the molecule is CCOC(=O)Cc1cncc(O)c1[N+](=O)[O-]. The number of nitro groups is 1. The number of aromatic nitrogens is 1. The molecule has 0 saturated heterocycles. The summed E-state index contributed by atoms with van der Waals surface area (Å²) in [5.74, 6) is -1.16. The van der Waals surface area contributed by atoms with Crippen molar-refractivity contribution in [3.8, 4) is 5.75 Å². The number of ether oxygens (including phenoxy) is 1. The van der Waals surface area contributed by atoms with Crippen molar-refractivity contribution < 1.29 is 19.6 Å². The minimum absolute atomic E-state index is 0.0310. The Bertz CT molecular complexity index is 418. The number of aromatic hydroxyl groups is 1. The summed E-state index contributed by atoms with van der Waals surface area (Å²) in [6, 6.07) is 0. The van der Waals surface area contributed by atoms with Crippen molar-refractivity contribution in [2.24, 2.45) is 0 Å². The van der Waals surface area contributed by atoms with Crippen LogP contribution in [0.5, 0.6) is 5.75 Å². The number of esters is 1. The van der Waals surface area contributed by atoms with E-state index in [1.165, 1.54) is 0 Å². The van der Waals surface area contributed by atoms with Crippen LogP contribution in [-0.4, -0.2) is 27.6 Å². The second-order valence-corrected chi connectivity index (χ2v) is 2.91. The highest BCUT2D eigenvalue weighted by Crippen LogP contribution is 2.28. The molecule has 1 heterocycles. The molecule has 0 bridgehead atoms. The minimum atomic E-state index is -0.758. The molecule has 0 aliphatic rings. The van der Waals surface area contributed by atoms with Gasteiger partial charge in [-0.1, -0.05) is 0 Å². The van der Waals surface area contributed by atoms with Crippen molar-refractivity contribution in [1.82, 2.24) is 4.98 Å². The molecule has 0 fully saturated rings. The van der Waals surface area contributed by atoms with Crippen LogP contribution < -0.4 is 0 Å². The third-order valence-electron chi connectivity index (χ3n) is 1.80. The lowest BCUT2D eigenvalue weighted by molar-refractivity contribution is -0.386. The van der Waals surface area contributed by atoms with Crippen molar-refractivity contribution in [2.75, 3.05) is 6.61 Å². The predicted octanol–water partition coefficient (Wildman–Crippen LogP) is 0.801. The van der Waals surface area contributed by atoms with Crippen LogP contribution in [0.1, 0.15) is 12.5 Å². The summed E-state index contributed by atoms with van der Waals surface area (Å²) in [6.07, 6.45) is 1.83. The number of pyridine rings is 1. The molecule has 7 nitrogen and oxygen atoms in total. The van der Waals surface area contributed by atoms with Crippen LogP contribution in [0.2, 0.25) is 0 Å². The average Bonchev–Trinajstić information content (AvgIpc) is 2.17. The maximum atomic E-state index is 11.1. The Balaban J connectivity index is 3.00. The highest BCUT2D eigenvalue weighted by molar-refractivity contribution is 5.74. The van der Waals surface area contributed by atoms with Crippen molar-refractivity contribution >= 4 is 11.7 Å². The van der Waals surface area contributed by atoms with Gasteiger partial charge in [-0.3, -0.25) is 19.9 Å². The quantitative estimate of drug-likeness (QED) is 0.462. The number of carbonyl (C=O) groups excluding carboxylic acids is 1. The van der Waals surface area contributed by atoms with E-state index >= 15 is 0 Å². The summed E-state index contributed by atoms with van der Waals surface area (Å²) in [4.78, 5) is 24.6. The fourth-order valence-electron chi connectivity index (χ4n) is 1.19. The zero-order valence-corrected chi connectivity index (χ0v) is 8.54. The molecule has 0 aliphatic heterocycles. The van der Waals surface area contributed by atoms with E-state index in [1.54, 1.807) is 6.92 Å². The van der Waals surface area contributed by atoms with Crippen molar-refractivity contribution in [1.29, 1.82) is 0 Å². The molecule has 1 N–H and O–H groups in total. The van der Waals surface area contributed by atoms with E-state index in [1.807, 2.05) is 0 Å². The lowest BCUT2D eigenvalue weighted by atomic mass is 10.1. The van der Waals surface area contributed by atoms with E-state index in [0.717, 1.165) is 12.4 Å². The van der Waals surface area contributed by atoms with Crippen LogP contribution in [0, 0.1) is 10.1 Å². The number of rotatable bonds is 4. The van der Waals surface area contributed by atoms with Crippen LogP contribution in [0.4, 0.5) is 5.69 Å². The molecule has 86 valence electrons. The molecule has 16 heavy (non-hydrogen) atoms. The Morgan fingerprint density at radius 2 is 2.31 bits per heavy atom. The monoisotopic (exact) mass is 226 g/mol. The highest BCUT2D eigenvalue weighted by atomic mass is 16.6. The second kappa shape index (κ2) is 5.06. The summed E-state index contributed by atoms with van der Waals surface area (Å²) >= 11 is 0. The standard InChI is InChI=1S/C9H10N2O5/c1-2-16-8(13)3-6-4-10-5-7(12)9(6)11(14)15/h4-5,12H,2-3H2,1H3. The topological polar surface area (TPSA) is 103 Å². The molecular formula is C9H10N2O5. The summed E-state index contributed by atoms with van der Waals surface area (Å²) in [6.45, 7) is 1.83. The van der Waals surface area contributed by atoms with Gasteiger partial charge >= 0.3 is 11.7 Å². The molecule has 0 spiro atoms. The van der Waals surface area contributed by atoms with E-state index in [2.05, 4.69) is 9.72 Å². The molecule has 7 heteroatoms. The normalized spacial score (nSPS) is 9.81. The summed E-state index contributed by atoms with van der Waals surface area (Å²) in [5, 5.41) is 19.9. The minimum Gasteiger partial charge on any atom is -0.501 e. The summed E-state index contributed by atoms with van der Waals surface area (Å²) in [7, 11) is 0. The first-order valence-electron chi connectivity index (χ1n) is 4.52. The number of hydrogen-bond donors (Lipinski definition) is 1. The van der Waals surface area contributed by atoms with Crippen LogP contribution in [0.15, 0.2) is 12.4 Å². The van der Waals surface area contributed by atoms with Crippen LogP contribution in [0.3, 0.4) is 0 Å².